The molecular weight excluding hydrogens is 259 g/mol. The molecule has 4 nitrogen and oxygen atoms in total. The van der Waals surface area contributed by atoms with Gasteiger partial charge in [0.05, 0.1) is 12.1 Å². The second-order valence-electron chi connectivity index (χ2n) is 5.93. The third kappa shape index (κ3) is 2.99. The summed E-state index contributed by atoms with van der Waals surface area (Å²) < 4.78 is 12.7. The number of aliphatic hydroxyl groups is 1. The van der Waals surface area contributed by atoms with Crippen molar-refractivity contribution in [3.63, 3.8) is 0 Å². The number of hydrogen-bond acceptors (Lipinski definition) is 3. The molecular formula is C15H19FN2O2. The lowest BCUT2D eigenvalue weighted by Crippen LogP contribution is -2.64. The Morgan fingerprint density at radius 3 is 2.60 bits per heavy atom. The van der Waals surface area contributed by atoms with Crippen LogP contribution in [0.2, 0.25) is 0 Å². The zero-order chi connectivity index (χ0) is 14.2. The highest BCUT2D eigenvalue weighted by Crippen LogP contribution is 2.44. The minimum atomic E-state index is -0.544. The number of benzene rings is 1. The lowest BCUT2D eigenvalue weighted by atomic mass is 9.89. The van der Waals surface area contributed by atoms with Gasteiger partial charge in [-0.05, 0) is 36.5 Å². The van der Waals surface area contributed by atoms with Crippen molar-refractivity contribution in [1.82, 2.24) is 10.2 Å². The second-order valence-corrected chi connectivity index (χ2v) is 5.93. The van der Waals surface area contributed by atoms with E-state index in [1.807, 2.05) is 4.90 Å². The maximum absolute atomic E-state index is 12.7. The molecule has 1 heterocycles. The standard InChI is InChI=1S/C15H19FN2O2/c16-13-5-1-11(2-6-13)7-17-14(19)8-18-9-15(20,10-18)12-3-4-12/h1-2,5-6,12,20H,3-4,7-10H2,(H,17,19). The molecule has 2 fully saturated rings. The first-order valence-corrected chi connectivity index (χ1v) is 7.01. The molecule has 1 aliphatic carbocycles. The predicted molar refractivity (Wildman–Crippen MR) is 72.4 cm³/mol. The van der Waals surface area contributed by atoms with E-state index in [0.29, 0.717) is 32.1 Å². The van der Waals surface area contributed by atoms with Crippen LogP contribution < -0.4 is 5.32 Å². The molecule has 1 amide bonds. The topological polar surface area (TPSA) is 52.6 Å². The van der Waals surface area contributed by atoms with Crippen LogP contribution in [-0.4, -0.2) is 41.1 Å². The number of carbonyl (C=O) groups excluding carboxylic acids is 1. The van der Waals surface area contributed by atoms with Crippen LogP contribution in [0.15, 0.2) is 24.3 Å². The Balaban J connectivity index is 1.39. The Bertz CT molecular complexity index is 493. The van der Waals surface area contributed by atoms with Crippen molar-refractivity contribution in [3.05, 3.63) is 35.6 Å². The number of nitrogens with one attached hydrogen (secondary N) is 1. The van der Waals surface area contributed by atoms with Crippen LogP contribution in [0.5, 0.6) is 0 Å². The van der Waals surface area contributed by atoms with Crippen molar-refractivity contribution in [2.75, 3.05) is 19.6 Å². The molecule has 5 heteroatoms. The smallest absolute Gasteiger partial charge is 0.234 e. The average molecular weight is 278 g/mol. The molecule has 0 spiro atoms. The summed E-state index contributed by atoms with van der Waals surface area (Å²) >= 11 is 0. The summed E-state index contributed by atoms with van der Waals surface area (Å²) in [6.45, 7) is 1.92. The van der Waals surface area contributed by atoms with Gasteiger partial charge in [-0.1, -0.05) is 12.1 Å². The van der Waals surface area contributed by atoms with E-state index < -0.39 is 5.60 Å². The Labute approximate surface area is 117 Å². The molecule has 1 aromatic rings. The normalized spacial score (nSPS) is 21.3. The summed E-state index contributed by atoms with van der Waals surface area (Å²) in [7, 11) is 0. The molecule has 0 unspecified atom stereocenters. The van der Waals surface area contributed by atoms with E-state index in [2.05, 4.69) is 5.32 Å². The summed E-state index contributed by atoms with van der Waals surface area (Å²) in [5, 5.41) is 13.0. The van der Waals surface area contributed by atoms with Crippen LogP contribution in [0.1, 0.15) is 18.4 Å². The lowest BCUT2D eigenvalue weighted by Gasteiger charge is -2.46. The van der Waals surface area contributed by atoms with E-state index in [1.54, 1.807) is 12.1 Å². The SMILES string of the molecule is O=C(CN1CC(O)(C2CC2)C1)NCc1ccc(F)cc1. The number of nitrogens with zero attached hydrogens (tertiary/aromatic N) is 1. The van der Waals surface area contributed by atoms with Gasteiger partial charge in [0.1, 0.15) is 5.82 Å². The highest BCUT2D eigenvalue weighted by Gasteiger charge is 2.51. The van der Waals surface area contributed by atoms with Crippen molar-refractivity contribution in [2.45, 2.75) is 25.0 Å². The Morgan fingerprint density at radius 2 is 2.00 bits per heavy atom. The molecule has 2 N–H and O–H groups in total. The van der Waals surface area contributed by atoms with Crippen LogP contribution >= 0.6 is 0 Å². The summed E-state index contributed by atoms with van der Waals surface area (Å²) in [6, 6.07) is 6.08. The van der Waals surface area contributed by atoms with E-state index in [9.17, 15) is 14.3 Å². The molecule has 0 atom stereocenters. The maximum atomic E-state index is 12.7. The third-order valence-corrected chi connectivity index (χ3v) is 4.10. The molecule has 20 heavy (non-hydrogen) atoms. The molecule has 0 radical (unpaired) electrons. The van der Waals surface area contributed by atoms with Gasteiger partial charge in [0.15, 0.2) is 0 Å². The number of carbonyl (C=O) groups is 1. The van der Waals surface area contributed by atoms with Crippen LogP contribution in [0.3, 0.4) is 0 Å². The largest absolute Gasteiger partial charge is 0.387 e. The van der Waals surface area contributed by atoms with E-state index >= 15 is 0 Å². The van der Waals surface area contributed by atoms with Crippen LogP contribution in [0.25, 0.3) is 0 Å². The van der Waals surface area contributed by atoms with Crippen molar-refractivity contribution in [2.24, 2.45) is 5.92 Å². The Hall–Kier alpha value is -1.46. The molecule has 3 rings (SSSR count). The van der Waals surface area contributed by atoms with Gasteiger partial charge in [-0.2, -0.15) is 0 Å². The Kier molecular flexibility index (Phi) is 3.48. The lowest BCUT2D eigenvalue weighted by molar-refractivity contribution is -0.136. The van der Waals surface area contributed by atoms with Gasteiger partial charge in [-0.25, -0.2) is 4.39 Å². The van der Waals surface area contributed by atoms with Gasteiger partial charge in [0.25, 0.3) is 0 Å². The fourth-order valence-electron chi connectivity index (χ4n) is 2.78. The molecule has 0 bridgehead atoms. The monoisotopic (exact) mass is 278 g/mol. The highest BCUT2D eigenvalue weighted by molar-refractivity contribution is 5.78. The number of hydrogen-bond donors (Lipinski definition) is 2. The van der Waals surface area contributed by atoms with E-state index in [4.69, 9.17) is 0 Å². The van der Waals surface area contributed by atoms with Gasteiger partial charge in [0.2, 0.25) is 5.91 Å². The van der Waals surface area contributed by atoms with Gasteiger partial charge in [-0.15, -0.1) is 0 Å². The van der Waals surface area contributed by atoms with E-state index in [1.165, 1.54) is 12.1 Å². The van der Waals surface area contributed by atoms with Crippen LogP contribution in [0, 0.1) is 11.7 Å². The third-order valence-electron chi connectivity index (χ3n) is 4.10. The van der Waals surface area contributed by atoms with Crippen LogP contribution in [-0.2, 0) is 11.3 Å². The molecule has 1 saturated heterocycles. The number of halogens is 1. The number of likely N-dealkylation sites (tertiary alicyclic amines) is 1. The maximum Gasteiger partial charge on any atom is 0.234 e. The van der Waals surface area contributed by atoms with Gasteiger partial charge in [-0.3, -0.25) is 9.69 Å². The first kappa shape index (κ1) is 13.5. The van der Waals surface area contributed by atoms with Gasteiger partial charge >= 0.3 is 0 Å². The number of β-amino-alcohol motifs (C(OH)–C–C–N with tert-alkyl or cyclic N) is 1. The van der Waals surface area contributed by atoms with Gasteiger partial charge in [0, 0.05) is 19.6 Å². The zero-order valence-electron chi connectivity index (χ0n) is 11.3. The number of rotatable bonds is 5. The quantitative estimate of drug-likeness (QED) is 0.841. The predicted octanol–water partition coefficient (Wildman–Crippen LogP) is 0.899. The highest BCUT2D eigenvalue weighted by atomic mass is 19.1. The molecule has 0 aromatic heterocycles. The molecule has 108 valence electrons. The molecule has 1 aromatic carbocycles. The minimum Gasteiger partial charge on any atom is -0.387 e. The summed E-state index contributed by atoms with van der Waals surface area (Å²) in [6.07, 6.45) is 2.22. The van der Waals surface area contributed by atoms with E-state index in [-0.39, 0.29) is 11.7 Å². The fourth-order valence-corrected chi connectivity index (χ4v) is 2.78. The van der Waals surface area contributed by atoms with Crippen molar-refractivity contribution >= 4 is 5.91 Å². The van der Waals surface area contributed by atoms with Crippen LogP contribution in [0.4, 0.5) is 4.39 Å². The zero-order valence-corrected chi connectivity index (χ0v) is 11.3. The van der Waals surface area contributed by atoms with Crippen molar-refractivity contribution in [1.29, 1.82) is 0 Å². The summed E-state index contributed by atoms with van der Waals surface area (Å²) in [5.41, 5.74) is 0.329. The van der Waals surface area contributed by atoms with Crippen molar-refractivity contribution < 1.29 is 14.3 Å². The minimum absolute atomic E-state index is 0.0628. The van der Waals surface area contributed by atoms with Crippen molar-refractivity contribution in [3.8, 4) is 0 Å². The fraction of sp³-hybridized carbons (Fsp3) is 0.533. The summed E-state index contributed by atoms with van der Waals surface area (Å²) in [5.74, 6) is 0.105. The summed E-state index contributed by atoms with van der Waals surface area (Å²) in [4.78, 5) is 13.7. The van der Waals surface area contributed by atoms with Gasteiger partial charge < -0.3 is 10.4 Å². The molecule has 2 aliphatic rings. The molecule has 1 aliphatic heterocycles. The second kappa shape index (κ2) is 5.14. The van der Waals surface area contributed by atoms with E-state index in [0.717, 1.165) is 18.4 Å². The average Bonchev–Trinajstić information content (AvgIpc) is 3.20. The first-order chi connectivity index (χ1) is 9.55. The number of amides is 1. The molecule has 1 saturated carbocycles. The Morgan fingerprint density at radius 1 is 1.35 bits per heavy atom. The first-order valence-electron chi connectivity index (χ1n) is 7.01.